The molecule has 1 aromatic carbocycles. The van der Waals surface area contributed by atoms with Gasteiger partial charge in [0.1, 0.15) is 5.82 Å². The van der Waals surface area contributed by atoms with Crippen molar-refractivity contribution < 1.29 is 4.39 Å². The fraction of sp³-hybridized carbons (Fsp3) is 0.286. The van der Waals surface area contributed by atoms with Crippen LogP contribution in [0.2, 0.25) is 0 Å². The van der Waals surface area contributed by atoms with Crippen LogP contribution in [-0.4, -0.2) is 4.57 Å². The number of hydrogen-bond acceptors (Lipinski definition) is 1. The third kappa shape index (κ3) is 2.87. The minimum absolute atomic E-state index is 0.166. The predicted octanol–water partition coefficient (Wildman–Crippen LogP) is 3.57. The Morgan fingerprint density at radius 1 is 1.29 bits per heavy atom. The molecule has 2 aromatic rings. The first kappa shape index (κ1) is 11.7. The van der Waals surface area contributed by atoms with Crippen LogP contribution in [-0.2, 0) is 13.1 Å². The van der Waals surface area contributed by atoms with Crippen LogP contribution in [0.3, 0.4) is 0 Å². The number of nitrogens with one attached hydrogen (secondary N) is 1. The Labute approximate surface area is 101 Å². The zero-order chi connectivity index (χ0) is 12.3. The van der Waals surface area contributed by atoms with Crippen molar-refractivity contribution in [3.05, 3.63) is 53.6 Å². The van der Waals surface area contributed by atoms with E-state index in [1.807, 2.05) is 12.3 Å². The van der Waals surface area contributed by atoms with Crippen LogP contribution in [0, 0.1) is 12.7 Å². The van der Waals surface area contributed by atoms with E-state index in [1.54, 1.807) is 13.0 Å². The highest BCUT2D eigenvalue weighted by Crippen LogP contribution is 2.14. The first-order chi connectivity index (χ1) is 8.19. The molecular weight excluding hydrogens is 215 g/mol. The SMILES string of the molecule is CCn1ccc(CNc2ccc(C)c(F)c2)c1. The summed E-state index contributed by atoms with van der Waals surface area (Å²) >= 11 is 0. The quantitative estimate of drug-likeness (QED) is 0.852. The molecule has 0 saturated carbocycles. The van der Waals surface area contributed by atoms with Crippen LogP contribution in [0.1, 0.15) is 18.1 Å². The molecule has 17 heavy (non-hydrogen) atoms. The smallest absolute Gasteiger partial charge is 0.128 e. The van der Waals surface area contributed by atoms with Gasteiger partial charge in [-0.3, -0.25) is 0 Å². The summed E-state index contributed by atoms with van der Waals surface area (Å²) in [5.41, 5.74) is 2.69. The molecule has 0 radical (unpaired) electrons. The van der Waals surface area contributed by atoms with Crippen LogP contribution in [0.5, 0.6) is 0 Å². The Morgan fingerprint density at radius 3 is 2.76 bits per heavy atom. The summed E-state index contributed by atoms with van der Waals surface area (Å²) in [5, 5.41) is 3.21. The van der Waals surface area contributed by atoms with Crippen LogP contribution < -0.4 is 5.32 Å². The van der Waals surface area contributed by atoms with E-state index in [1.165, 1.54) is 11.6 Å². The number of aromatic nitrogens is 1. The normalized spacial score (nSPS) is 10.5. The van der Waals surface area contributed by atoms with Gasteiger partial charge in [0.15, 0.2) is 0 Å². The van der Waals surface area contributed by atoms with E-state index in [0.717, 1.165) is 18.8 Å². The molecule has 0 aliphatic rings. The molecule has 3 heteroatoms. The van der Waals surface area contributed by atoms with Crippen molar-refractivity contribution >= 4 is 5.69 Å². The Hall–Kier alpha value is -1.77. The molecular formula is C14H17FN2. The van der Waals surface area contributed by atoms with Gasteiger partial charge in [-0.05, 0) is 43.2 Å². The van der Waals surface area contributed by atoms with Gasteiger partial charge in [0.25, 0.3) is 0 Å². The Bertz CT molecular complexity index is 503. The van der Waals surface area contributed by atoms with Crippen molar-refractivity contribution in [2.24, 2.45) is 0 Å². The van der Waals surface area contributed by atoms with Crippen molar-refractivity contribution in [3.8, 4) is 0 Å². The maximum atomic E-state index is 13.3. The zero-order valence-corrected chi connectivity index (χ0v) is 10.2. The van der Waals surface area contributed by atoms with E-state index < -0.39 is 0 Å². The average molecular weight is 232 g/mol. The molecule has 0 amide bonds. The van der Waals surface area contributed by atoms with Crippen LogP contribution in [0.15, 0.2) is 36.7 Å². The molecule has 1 N–H and O–H groups in total. The lowest BCUT2D eigenvalue weighted by Crippen LogP contribution is -1.99. The molecule has 2 nitrogen and oxygen atoms in total. The van der Waals surface area contributed by atoms with Gasteiger partial charge in [-0.25, -0.2) is 4.39 Å². The number of rotatable bonds is 4. The highest BCUT2D eigenvalue weighted by Gasteiger charge is 2.00. The molecule has 0 bridgehead atoms. The molecule has 0 unspecified atom stereocenters. The molecule has 0 saturated heterocycles. The van der Waals surface area contributed by atoms with Crippen molar-refractivity contribution in [3.63, 3.8) is 0 Å². The minimum Gasteiger partial charge on any atom is -0.381 e. The second-order valence-corrected chi connectivity index (χ2v) is 4.17. The highest BCUT2D eigenvalue weighted by atomic mass is 19.1. The van der Waals surface area contributed by atoms with Gasteiger partial charge in [-0.1, -0.05) is 6.07 Å². The molecule has 0 aliphatic heterocycles. The first-order valence-corrected chi connectivity index (χ1v) is 5.83. The molecule has 0 atom stereocenters. The number of aryl methyl sites for hydroxylation is 2. The van der Waals surface area contributed by atoms with Crippen molar-refractivity contribution in [1.29, 1.82) is 0 Å². The first-order valence-electron chi connectivity index (χ1n) is 5.83. The number of anilines is 1. The van der Waals surface area contributed by atoms with E-state index in [9.17, 15) is 4.39 Å². The summed E-state index contributed by atoms with van der Waals surface area (Å²) in [6, 6.07) is 7.29. The fourth-order valence-corrected chi connectivity index (χ4v) is 1.70. The van der Waals surface area contributed by atoms with Gasteiger partial charge < -0.3 is 9.88 Å². The van der Waals surface area contributed by atoms with E-state index in [-0.39, 0.29) is 5.82 Å². The third-order valence-electron chi connectivity index (χ3n) is 2.85. The standard InChI is InChI=1S/C14H17FN2/c1-3-17-7-6-12(10-17)9-16-13-5-4-11(2)14(15)8-13/h4-8,10,16H,3,9H2,1-2H3. The van der Waals surface area contributed by atoms with Gasteiger partial charge in [0.2, 0.25) is 0 Å². The molecule has 0 spiro atoms. The summed E-state index contributed by atoms with van der Waals surface area (Å²) in [4.78, 5) is 0. The lowest BCUT2D eigenvalue weighted by Gasteiger charge is -2.06. The predicted molar refractivity (Wildman–Crippen MR) is 68.6 cm³/mol. The Kier molecular flexibility index (Phi) is 3.47. The van der Waals surface area contributed by atoms with Crippen LogP contribution in [0.25, 0.3) is 0 Å². The molecule has 90 valence electrons. The molecule has 1 heterocycles. The topological polar surface area (TPSA) is 17.0 Å². The molecule has 0 aliphatic carbocycles. The second kappa shape index (κ2) is 5.04. The fourth-order valence-electron chi connectivity index (χ4n) is 1.70. The number of hydrogen-bond donors (Lipinski definition) is 1. The molecule has 2 rings (SSSR count). The van der Waals surface area contributed by atoms with Crippen molar-refractivity contribution in [1.82, 2.24) is 4.57 Å². The molecule has 0 fully saturated rings. The van der Waals surface area contributed by atoms with Crippen LogP contribution in [0.4, 0.5) is 10.1 Å². The second-order valence-electron chi connectivity index (χ2n) is 4.17. The van der Waals surface area contributed by atoms with Gasteiger partial charge >= 0.3 is 0 Å². The van der Waals surface area contributed by atoms with E-state index in [2.05, 4.69) is 29.1 Å². The van der Waals surface area contributed by atoms with E-state index >= 15 is 0 Å². The van der Waals surface area contributed by atoms with Gasteiger partial charge in [0, 0.05) is 31.2 Å². The lowest BCUT2D eigenvalue weighted by molar-refractivity contribution is 0.619. The summed E-state index contributed by atoms with van der Waals surface area (Å²) < 4.78 is 15.4. The van der Waals surface area contributed by atoms with Gasteiger partial charge in [-0.2, -0.15) is 0 Å². The average Bonchev–Trinajstić information content (AvgIpc) is 2.79. The van der Waals surface area contributed by atoms with Crippen molar-refractivity contribution in [2.45, 2.75) is 26.9 Å². The summed E-state index contributed by atoms with van der Waals surface area (Å²) in [7, 11) is 0. The minimum atomic E-state index is -0.166. The van der Waals surface area contributed by atoms with Crippen molar-refractivity contribution in [2.75, 3.05) is 5.32 Å². The monoisotopic (exact) mass is 232 g/mol. The largest absolute Gasteiger partial charge is 0.381 e. The lowest BCUT2D eigenvalue weighted by atomic mass is 10.2. The van der Waals surface area contributed by atoms with Gasteiger partial charge in [0.05, 0.1) is 0 Å². The zero-order valence-electron chi connectivity index (χ0n) is 10.2. The number of benzene rings is 1. The maximum absolute atomic E-state index is 13.3. The number of halogens is 1. The summed E-state index contributed by atoms with van der Waals surface area (Å²) in [6.07, 6.45) is 4.14. The van der Waals surface area contributed by atoms with Gasteiger partial charge in [-0.15, -0.1) is 0 Å². The molecule has 1 aromatic heterocycles. The number of nitrogens with zero attached hydrogens (tertiary/aromatic N) is 1. The highest BCUT2D eigenvalue weighted by molar-refractivity contribution is 5.45. The van der Waals surface area contributed by atoms with E-state index in [4.69, 9.17) is 0 Å². The maximum Gasteiger partial charge on any atom is 0.128 e. The van der Waals surface area contributed by atoms with E-state index in [0.29, 0.717) is 5.56 Å². The Balaban J connectivity index is 1.99. The summed E-state index contributed by atoms with van der Waals surface area (Å²) in [6.45, 7) is 5.56. The Morgan fingerprint density at radius 2 is 2.12 bits per heavy atom. The summed E-state index contributed by atoms with van der Waals surface area (Å²) in [5.74, 6) is -0.166. The van der Waals surface area contributed by atoms with Crippen LogP contribution >= 0.6 is 0 Å². The third-order valence-corrected chi connectivity index (χ3v) is 2.85.